The van der Waals surface area contributed by atoms with Crippen LogP contribution in [-0.4, -0.2) is 19.6 Å². The van der Waals surface area contributed by atoms with Crippen LogP contribution in [-0.2, 0) is 11.0 Å². The number of ether oxygens (including phenoxy) is 3. The van der Waals surface area contributed by atoms with E-state index in [1.165, 1.54) is 43.5 Å². The summed E-state index contributed by atoms with van der Waals surface area (Å²) in [6.07, 6.45) is -5.02. The minimum absolute atomic E-state index is 0.00594. The van der Waals surface area contributed by atoms with E-state index in [-0.39, 0.29) is 34.3 Å². The Kier molecular flexibility index (Phi) is 8.60. The standard InChI is InChI=1S/C31H30F3NO6/c1-17(2)22-7-6-8-23(18(3)4)27(22)35-26(36)16-39-21-13-14-24-25(15-21)41-30(31(32,33)34)29(28(24)37)40-20-11-9-19(38-5)10-12-20/h6-15,17-18H,16H2,1-5H3,(H,35,36). The molecule has 0 fully saturated rings. The summed E-state index contributed by atoms with van der Waals surface area (Å²) in [5, 5.41) is 2.77. The van der Waals surface area contributed by atoms with Gasteiger partial charge < -0.3 is 23.9 Å². The molecule has 7 nitrogen and oxygen atoms in total. The van der Waals surface area contributed by atoms with Crippen LogP contribution < -0.4 is 25.0 Å². The molecule has 0 radical (unpaired) electrons. The SMILES string of the molecule is COc1ccc(Oc2c(C(F)(F)F)oc3cc(OCC(=O)Nc4c(C(C)C)cccc4C(C)C)ccc3c2=O)cc1. The quantitative estimate of drug-likeness (QED) is 0.221. The van der Waals surface area contributed by atoms with Crippen molar-refractivity contribution in [1.82, 2.24) is 0 Å². The molecule has 1 N–H and O–H groups in total. The summed E-state index contributed by atoms with van der Waals surface area (Å²) in [4.78, 5) is 25.9. The third kappa shape index (κ3) is 6.65. The number of anilines is 1. The van der Waals surface area contributed by atoms with Crippen LogP contribution in [0.1, 0.15) is 56.4 Å². The number of benzene rings is 3. The maximum atomic E-state index is 13.9. The normalized spacial score (nSPS) is 11.7. The van der Waals surface area contributed by atoms with Gasteiger partial charge in [0.05, 0.1) is 12.5 Å². The maximum Gasteiger partial charge on any atom is 0.453 e. The zero-order valence-electron chi connectivity index (χ0n) is 23.2. The number of carbonyl (C=O) groups excluding carboxylic acids is 1. The second-order valence-corrected chi connectivity index (χ2v) is 9.98. The highest BCUT2D eigenvalue weighted by Crippen LogP contribution is 2.39. The molecular formula is C31H30F3NO6. The molecule has 0 atom stereocenters. The van der Waals surface area contributed by atoms with E-state index in [9.17, 15) is 22.8 Å². The van der Waals surface area contributed by atoms with E-state index in [4.69, 9.17) is 18.6 Å². The Morgan fingerprint density at radius 1 is 0.902 bits per heavy atom. The highest BCUT2D eigenvalue weighted by Gasteiger charge is 2.40. The Labute approximate surface area is 234 Å². The molecule has 3 aromatic carbocycles. The average molecular weight is 570 g/mol. The minimum atomic E-state index is -5.02. The van der Waals surface area contributed by atoms with Crippen molar-refractivity contribution in [2.24, 2.45) is 0 Å². The number of carbonyl (C=O) groups is 1. The number of fused-ring (bicyclic) bond motifs is 1. The number of rotatable bonds is 9. The molecule has 0 aliphatic heterocycles. The number of halogens is 3. The molecule has 0 spiro atoms. The minimum Gasteiger partial charge on any atom is -0.497 e. The van der Waals surface area contributed by atoms with Crippen LogP contribution in [0.3, 0.4) is 0 Å². The molecule has 41 heavy (non-hydrogen) atoms. The Balaban J connectivity index is 1.59. The molecule has 216 valence electrons. The van der Waals surface area contributed by atoms with Crippen molar-refractivity contribution in [1.29, 1.82) is 0 Å². The fourth-order valence-corrected chi connectivity index (χ4v) is 4.31. The Morgan fingerprint density at radius 3 is 2.05 bits per heavy atom. The summed E-state index contributed by atoms with van der Waals surface area (Å²) in [6.45, 7) is 7.69. The van der Waals surface area contributed by atoms with Crippen molar-refractivity contribution in [2.75, 3.05) is 19.0 Å². The largest absolute Gasteiger partial charge is 0.497 e. The van der Waals surface area contributed by atoms with Crippen molar-refractivity contribution in [3.63, 3.8) is 0 Å². The third-order valence-electron chi connectivity index (χ3n) is 6.37. The van der Waals surface area contributed by atoms with E-state index in [0.717, 1.165) is 22.9 Å². The van der Waals surface area contributed by atoms with Crippen molar-refractivity contribution >= 4 is 22.6 Å². The van der Waals surface area contributed by atoms with Crippen molar-refractivity contribution in [3.8, 4) is 23.0 Å². The van der Waals surface area contributed by atoms with Crippen LogP contribution in [0.2, 0.25) is 0 Å². The molecule has 4 aromatic rings. The first-order valence-electron chi connectivity index (χ1n) is 12.9. The lowest BCUT2D eigenvalue weighted by molar-refractivity contribution is -0.154. The van der Waals surface area contributed by atoms with Crippen molar-refractivity contribution in [3.05, 3.63) is 87.8 Å². The van der Waals surface area contributed by atoms with Gasteiger partial charge >= 0.3 is 6.18 Å². The molecule has 0 aliphatic rings. The zero-order valence-corrected chi connectivity index (χ0v) is 23.2. The highest BCUT2D eigenvalue weighted by atomic mass is 19.4. The van der Waals surface area contributed by atoms with Gasteiger partial charge in [0, 0.05) is 11.8 Å². The molecule has 1 heterocycles. The van der Waals surface area contributed by atoms with Crippen molar-refractivity contribution < 1.29 is 36.6 Å². The van der Waals surface area contributed by atoms with Crippen LogP contribution in [0.25, 0.3) is 11.0 Å². The van der Waals surface area contributed by atoms with E-state index in [1.807, 2.05) is 45.9 Å². The number of hydrogen-bond donors (Lipinski definition) is 1. The highest BCUT2D eigenvalue weighted by molar-refractivity contribution is 5.94. The van der Waals surface area contributed by atoms with Crippen molar-refractivity contribution in [2.45, 2.75) is 45.7 Å². The fourth-order valence-electron chi connectivity index (χ4n) is 4.31. The van der Waals surface area contributed by atoms with Crippen LogP contribution in [0, 0.1) is 0 Å². The van der Waals surface area contributed by atoms with Gasteiger partial charge in [-0.15, -0.1) is 0 Å². The summed E-state index contributed by atoms with van der Waals surface area (Å²) in [5.41, 5.74) is 1.29. The summed E-state index contributed by atoms with van der Waals surface area (Å²) >= 11 is 0. The van der Waals surface area contributed by atoms with Gasteiger partial charge in [0.25, 0.3) is 11.7 Å². The zero-order chi connectivity index (χ0) is 29.9. The van der Waals surface area contributed by atoms with Gasteiger partial charge in [-0.1, -0.05) is 45.9 Å². The molecule has 1 amide bonds. The van der Waals surface area contributed by atoms with E-state index in [1.54, 1.807) is 0 Å². The molecule has 0 unspecified atom stereocenters. The van der Waals surface area contributed by atoms with Gasteiger partial charge in [-0.05, 0) is 59.4 Å². The molecule has 0 saturated heterocycles. The number of alkyl halides is 3. The Hall–Kier alpha value is -4.47. The van der Waals surface area contributed by atoms with E-state index in [2.05, 4.69) is 5.32 Å². The van der Waals surface area contributed by atoms with Gasteiger partial charge in [0.2, 0.25) is 11.2 Å². The van der Waals surface area contributed by atoms with Crippen LogP contribution in [0.4, 0.5) is 18.9 Å². The third-order valence-corrected chi connectivity index (χ3v) is 6.37. The molecule has 10 heteroatoms. The first-order chi connectivity index (χ1) is 19.4. The number of hydrogen-bond acceptors (Lipinski definition) is 6. The second kappa shape index (κ2) is 12.0. The summed E-state index contributed by atoms with van der Waals surface area (Å²) in [5.74, 6) is -2.20. The Bertz CT molecular complexity index is 1580. The summed E-state index contributed by atoms with van der Waals surface area (Å²) in [6, 6.07) is 15.3. The number of nitrogens with one attached hydrogen (secondary N) is 1. The van der Waals surface area contributed by atoms with Crippen LogP contribution in [0.5, 0.6) is 23.0 Å². The lowest BCUT2D eigenvalue weighted by Crippen LogP contribution is -2.22. The maximum absolute atomic E-state index is 13.9. The lowest BCUT2D eigenvalue weighted by atomic mass is 9.92. The van der Waals surface area contributed by atoms with Crippen LogP contribution >= 0.6 is 0 Å². The molecule has 0 aliphatic carbocycles. The molecule has 0 saturated carbocycles. The molecule has 4 rings (SSSR count). The first kappa shape index (κ1) is 29.5. The van der Waals surface area contributed by atoms with E-state index < -0.39 is 35.6 Å². The first-order valence-corrected chi connectivity index (χ1v) is 12.9. The molecular weight excluding hydrogens is 539 g/mol. The van der Waals surface area contributed by atoms with Gasteiger partial charge in [0.15, 0.2) is 6.61 Å². The summed E-state index contributed by atoms with van der Waals surface area (Å²) < 4.78 is 62.8. The predicted molar refractivity (Wildman–Crippen MR) is 149 cm³/mol. The predicted octanol–water partition coefficient (Wildman–Crippen LogP) is 7.88. The van der Waals surface area contributed by atoms with Gasteiger partial charge in [-0.25, -0.2) is 0 Å². The van der Waals surface area contributed by atoms with Crippen LogP contribution in [0.15, 0.2) is 69.9 Å². The van der Waals surface area contributed by atoms with E-state index in [0.29, 0.717) is 5.75 Å². The topological polar surface area (TPSA) is 87.0 Å². The Morgan fingerprint density at radius 2 is 1.49 bits per heavy atom. The molecule has 1 aromatic heterocycles. The molecule has 0 bridgehead atoms. The number of para-hydroxylation sites is 1. The fraction of sp³-hybridized carbons (Fsp3) is 0.290. The van der Waals surface area contributed by atoms with Gasteiger partial charge in [0.1, 0.15) is 22.8 Å². The van der Waals surface area contributed by atoms with Gasteiger partial charge in [-0.3, -0.25) is 9.59 Å². The monoisotopic (exact) mass is 569 g/mol. The average Bonchev–Trinajstić information content (AvgIpc) is 2.92. The van der Waals surface area contributed by atoms with E-state index >= 15 is 0 Å². The lowest BCUT2D eigenvalue weighted by Gasteiger charge is -2.20. The second-order valence-electron chi connectivity index (χ2n) is 9.98. The van der Waals surface area contributed by atoms with Gasteiger partial charge in [-0.2, -0.15) is 13.2 Å². The summed E-state index contributed by atoms with van der Waals surface area (Å²) in [7, 11) is 1.44. The smallest absolute Gasteiger partial charge is 0.453 e. The number of amides is 1. The number of methoxy groups -OCH3 is 1.